The Morgan fingerprint density at radius 2 is 1.64 bits per heavy atom. The van der Waals surface area contributed by atoms with Crippen molar-refractivity contribution in [3.05, 3.63) is 29.8 Å². The molecule has 0 saturated carbocycles. The Morgan fingerprint density at radius 3 is 2.00 bits per heavy atom. The van der Waals surface area contributed by atoms with Crippen LogP contribution in [0.1, 0.15) is 19.4 Å². The molecule has 1 rings (SSSR count). The van der Waals surface area contributed by atoms with Crippen molar-refractivity contribution < 1.29 is 0 Å². The third-order valence-corrected chi connectivity index (χ3v) is 1.91. The average molecular weight is 167 g/mol. The second-order valence-corrected chi connectivity index (χ2v) is 3.78. The molecule has 0 saturated heterocycles. The Labute approximate surface area is 73.0 Å². The summed E-state index contributed by atoms with van der Waals surface area (Å²) in [6.07, 6.45) is 0. The third-order valence-electron chi connectivity index (χ3n) is 1.61. The smallest absolute Gasteiger partial charge is 0.0352 e. The van der Waals surface area contributed by atoms with E-state index in [0.717, 1.165) is 10.5 Å². The molecule has 0 fully saturated rings. The topological polar surface area (TPSA) is 26.0 Å². The van der Waals surface area contributed by atoms with Gasteiger partial charge in [-0.15, -0.1) is 12.6 Å². The van der Waals surface area contributed by atoms with E-state index in [0.29, 0.717) is 0 Å². The summed E-state index contributed by atoms with van der Waals surface area (Å²) >= 11 is 4.19. The van der Waals surface area contributed by atoms with Crippen LogP contribution in [0.4, 0.5) is 0 Å². The van der Waals surface area contributed by atoms with Gasteiger partial charge in [0, 0.05) is 10.4 Å². The number of hydrogen-bond donors (Lipinski definition) is 2. The highest BCUT2D eigenvalue weighted by Gasteiger charge is 2.12. The summed E-state index contributed by atoms with van der Waals surface area (Å²) < 4.78 is 0. The van der Waals surface area contributed by atoms with Crippen LogP contribution in [0.2, 0.25) is 0 Å². The molecule has 1 aromatic rings. The standard InChI is InChI=1S/C9H13NS/c1-9(2,10)7-3-5-8(11)6-4-7/h3-6,11H,10H2,1-2H3. The predicted molar refractivity (Wildman–Crippen MR) is 50.9 cm³/mol. The maximum atomic E-state index is 5.88. The van der Waals surface area contributed by atoms with Gasteiger partial charge in [0.15, 0.2) is 0 Å². The van der Waals surface area contributed by atoms with Crippen molar-refractivity contribution in [3.63, 3.8) is 0 Å². The molecule has 1 nitrogen and oxygen atoms in total. The SMILES string of the molecule is CC(C)(N)c1ccc(S)cc1. The molecule has 2 N–H and O–H groups in total. The van der Waals surface area contributed by atoms with Gasteiger partial charge in [-0.05, 0) is 31.5 Å². The van der Waals surface area contributed by atoms with Gasteiger partial charge in [0.2, 0.25) is 0 Å². The highest BCUT2D eigenvalue weighted by molar-refractivity contribution is 7.80. The predicted octanol–water partition coefficient (Wildman–Crippen LogP) is 2.17. The molecule has 0 aromatic heterocycles. The minimum absolute atomic E-state index is 0.249. The summed E-state index contributed by atoms with van der Waals surface area (Å²) in [5, 5.41) is 0. The lowest BCUT2D eigenvalue weighted by atomic mass is 9.96. The number of hydrogen-bond acceptors (Lipinski definition) is 2. The van der Waals surface area contributed by atoms with E-state index >= 15 is 0 Å². The number of nitrogens with two attached hydrogens (primary N) is 1. The van der Waals surface area contributed by atoms with Crippen LogP contribution in [0.15, 0.2) is 29.2 Å². The zero-order chi connectivity index (χ0) is 8.48. The van der Waals surface area contributed by atoms with Crippen molar-refractivity contribution >= 4 is 12.6 Å². The van der Waals surface area contributed by atoms with Gasteiger partial charge < -0.3 is 5.73 Å². The average Bonchev–Trinajstić information content (AvgIpc) is 1.86. The van der Waals surface area contributed by atoms with Crippen molar-refractivity contribution in [1.29, 1.82) is 0 Å². The molecule has 0 radical (unpaired) electrons. The van der Waals surface area contributed by atoms with Gasteiger partial charge in [0.05, 0.1) is 0 Å². The fourth-order valence-electron chi connectivity index (χ4n) is 0.891. The van der Waals surface area contributed by atoms with E-state index in [1.807, 2.05) is 38.1 Å². The summed E-state index contributed by atoms with van der Waals surface area (Å²) in [6, 6.07) is 7.91. The highest BCUT2D eigenvalue weighted by atomic mass is 32.1. The summed E-state index contributed by atoms with van der Waals surface area (Å²) in [6.45, 7) is 3.97. The molecule has 60 valence electrons. The summed E-state index contributed by atoms with van der Waals surface area (Å²) in [4.78, 5) is 0.970. The van der Waals surface area contributed by atoms with E-state index in [9.17, 15) is 0 Å². The highest BCUT2D eigenvalue weighted by Crippen LogP contribution is 2.17. The zero-order valence-corrected chi connectivity index (χ0v) is 7.73. The van der Waals surface area contributed by atoms with Crippen LogP contribution < -0.4 is 5.73 Å². The van der Waals surface area contributed by atoms with Crippen LogP contribution in [-0.2, 0) is 5.54 Å². The number of benzene rings is 1. The molecule has 0 bridgehead atoms. The molecule has 0 aliphatic rings. The zero-order valence-electron chi connectivity index (χ0n) is 6.83. The third kappa shape index (κ3) is 2.24. The molecule has 2 heteroatoms. The van der Waals surface area contributed by atoms with Gasteiger partial charge in [0.1, 0.15) is 0 Å². The molecule has 0 atom stereocenters. The monoisotopic (exact) mass is 167 g/mol. The first-order valence-corrected chi connectivity index (χ1v) is 4.03. The summed E-state index contributed by atoms with van der Waals surface area (Å²) in [5.41, 5.74) is 6.77. The Bertz CT molecular complexity index is 233. The van der Waals surface area contributed by atoms with Crippen LogP contribution in [0.3, 0.4) is 0 Å². The molecular weight excluding hydrogens is 154 g/mol. The molecule has 0 heterocycles. The van der Waals surface area contributed by atoms with Gasteiger partial charge in [-0.1, -0.05) is 12.1 Å². The lowest BCUT2D eigenvalue weighted by Crippen LogP contribution is -2.28. The fraction of sp³-hybridized carbons (Fsp3) is 0.333. The Kier molecular flexibility index (Phi) is 2.25. The van der Waals surface area contributed by atoms with Crippen molar-refractivity contribution in [2.24, 2.45) is 5.73 Å². The second kappa shape index (κ2) is 2.88. The molecule has 1 aromatic carbocycles. The molecule has 0 aliphatic carbocycles. The molecule has 11 heavy (non-hydrogen) atoms. The fourth-order valence-corrected chi connectivity index (χ4v) is 1.04. The minimum Gasteiger partial charge on any atom is -0.322 e. The van der Waals surface area contributed by atoms with E-state index in [2.05, 4.69) is 12.6 Å². The first-order chi connectivity index (χ1) is 5.00. The van der Waals surface area contributed by atoms with E-state index < -0.39 is 0 Å². The lowest BCUT2D eigenvalue weighted by molar-refractivity contribution is 0.554. The van der Waals surface area contributed by atoms with Gasteiger partial charge >= 0.3 is 0 Å². The Balaban J connectivity index is 2.99. The summed E-state index contributed by atoms with van der Waals surface area (Å²) in [7, 11) is 0. The van der Waals surface area contributed by atoms with Gasteiger partial charge in [-0.3, -0.25) is 0 Å². The maximum Gasteiger partial charge on any atom is 0.0352 e. The van der Waals surface area contributed by atoms with Crippen LogP contribution in [0.5, 0.6) is 0 Å². The Hall–Kier alpha value is -0.470. The van der Waals surface area contributed by atoms with Crippen LogP contribution >= 0.6 is 12.6 Å². The quantitative estimate of drug-likeness (QED) is 0.616. The van der Waals surface area contributed by atoms with E-state index in [-0.39, 0.29) is 5.54 Å². The molecule has 0 unspecified atom stereocenters. The normalized spacial score (nSPS) is 11.6. The van der Waals surface area contributed by atoms with Gasteiger partial charge in [-0.25, -0.2) is 0 Å². The molecule has 0 aliphatic heterocycles. The van der Waals surface area contributed by atoms with Crippen molar-refractivity contribution in [2.75, 3.05) is 0 Å². The van der Waals surface area contributed by atoms with Gasteiger partial charge in [0.25, 0.3) is 0 Å². The van der Waals surface area contributed by atoms with Crippen molar-refractivity contribution in [2.45, 2.75) is 24.3 Å². The number of rotatable bonds is 1. The molecule has 0 amide bonds. The first kappa shape index (κ1) is 8.62. The van der Waals surface area contributed by atoms with E-state index in [4.69, 9.17) is 5.73 Å². The van der Waals surface area contributed by atoms with Crippen LogP contribution in [0, 0.1) is 0 Å². The maximum absolute atomic E-state index is 5.88. The van der Waals surface area contributed by atoms with E-state index in [1.54, 1.807) is 0 Å². The molecule has 0 spiro atoms. The lowest BCUT2D eigenvalue weighted by Gasteiger charge is -2.18. The van der Waals surface area contributed by atoms with E-state index in [1.165, 1.54) is 0 Å². The van der Waals surface area contributed by atoms with Crippen molar-refractivity contribution in [3.8, 4) is 0 Å². The van der Waals surface area contributed by atoms with Crippen LogP contribution in [0.25, 0.3) is 0 Å². The number of thiol groups is 1. The van der Waals surface area contributed by atoms with Gasteiger partial charge in [-0.2, -0.15) is 0 Å². The van der Waals surface area contributed by atoms with Crippen molar-refractivity contribution in [1.82, 2.24) is 0 Å². The first-order valence-electron chi connectivity index (χ1n) is 3.58. The largest absolute Gasteiger partial charge is 0.322 e. The summed E-state index contributed by atoms with van der Waals surface area (Å²) in [5.74, 6) is 0. The molecular formula is C9H13NS. The minimum atomic E-state index is -0.249. The van der Waals surface area contributed by atoms with Crippen LogP contribution in [-0.4, -0.2) is 0 Å². The Morgan fingerprint density at radius 1 is 1.18 bits per heavy atom. The second-order valence-electron chi connectivity index (χ2n) is 3.27.